The fourth-order valence-electron chi connectivity index (χ4n) is 4.67. The van der Waals surface area contributed by atoms with Crippen LogP contribution in [0.15, 0.2) is 60.1 Å². The molecule has 0 bridgehead atoms. The molecule has 8 nitrogen and oxygen atoms in total. The first kappa shape index (κ1) is 21.5. The molecule has 1 fully saturated rings. The summed E-state index contributed by atoms with van der Waals surface area (Å²) in [5.74, 6) is 0.789. The normalized spacial score (nSPS) is 23.2. The van der Waals surface area contributed by atoms with Crippen molar-refractivity contribution in [3.63, 3.8) is 0 Å². The molecule has 1 saturated heterocycles. The minimum Gasteiger partial charge on any atom is -0.496 e. The van der Waals surface area contributed by atoms with Crippen LogP contribution in [0.3, 0.4) is 0 Å². The summed E-state index contributed by atoms with van der Waals surface area (Å²) in [6.45, 7) is 4.02. The van der Waals surface area contributed by atoms with Gasteiger partial charge in [0.2, 0.25) is 5.60 Å². The molecule has 2 unspecified atom stereocenters. The third-order valence-electron chi connectivity index (χ3n) is 6.37. The summed E-state index contributed by atoms with van der Waals surface area (Å²) in [6.07, 6.45) is 6.89. The molecule has 2 aromatic heterocycles. The molecule has 0 spiro atoms. The van der Waals surface area contributed by atoms with Crippen LogP contribution in [0.4, 0.5) is 0 Å². The van der Waals surface area contributed by atoms with E-state index >= 15 is 0 Å². The topological polar surface area (TPSA) is 77.7 Å². The highest BCUT2D eigenvalue weighted by molar-refractivity contribution is 6.07. The van der Waals surface area contributed by atoms with Crippen molar-refractivity contribution >= 4 is 17.1 Å². The molecule has 1 amide bonds. The van der Waals surface area contributed by atoms with E-state index in [2.05, 4.69) is 20.6 Å². The molecule has 0 saturated carbocycles. The average molecular weight is 449 g/mol. The highest BCUT2D eigenvalue weighted by Crippen LogP contribution is 2.32. The lowest BCUT2D eigenvalue weighted by atomic mass is 9.93. The van der Waals surface area contributed by atoms with Gasteiger partial charge in [0.25, 0.3) is 5.91 Å². The second-order valence-electron chi connectivity index (χ2n) is 8.81. The highest BCUT2D eigenvalue weighted by Gasteiger charge is 2.45. The Hall–Kier alpha value is -3.39. The number of rotatable bonds is 5. The maximum absolute atomic E-state index is 13.6. The number of carbonyl (C=O) groups excluding carboxylic acids is 1. The fourth-order valence-corrected chi connectivity index (χ4v) is 4.67. The van der Waals surface area contributed by atoms with E-state index in [1.807, 2.05) is 60.7 Å². The molecule has 8 heteroatoms. The van der Waals surface area contributed by atoms with Gasteiger partial charge in [0.1, 0.15) is 5.75 Å². The van der Waals surface area contributed by atoms with E-state index < -0.39 is 5.60 Å². The summed E-state index contributed by atoms with van der Waals surface area (Å²) in [5, 5.41) is 4.27. The van der Waals surface area contributed by atoms with Gasteiger partial charge in [-0.2, -0.15) is 0 Å². The standard InChI is InChI=1S/C25H28N4O4/c1-25(15-21(27-33-25)19-6-3-4-8-23(19)31-2)24(30)29-12-13-32-17-18(16-29)14-20-22-7-5-10-28(22)11-9-26-20/h3-11,18H,12-17H2,1-2H3. The van der Waals surface area contributed by atoms with Crippen LogP contribution >= 0.6 is 0 Å². The van der Waals surface area contributed by atoms with E-state index in [-0.39, 0.29) is 11.8 Å². The summed E-state index contributed by atoms with van der Waals surface area (Å²) in [6, 6.07) is 11.7. The number of methoxy groups -OCH3 is 1. The summed E-state index contributed by atoms with van der Waals surface area (Å²) in [4.78, 5) is 25.8. The molecule has 0 radical (unpaired) electrons. The number of para-hydroxylation sites is 1. The molecule has 0 N–H and O–H groups in total. The Kier molecular flexibility index (Phi) is 5.76. The first-order chi connectivity index (χ1) is 16.1. The molecule has 3 aromatic rings. The van der Waals surface area contributed by atoms with Crippen molar-refractivity contribution in [1.29, 1.82) is 0 Å². The van der Waals surface area contributed by atoms with Gasteiger partial charge < -0.3 is 23.6 Å². The van der Waals surface area contributed by atoms with Gasteiger partial charge in [0.15, 0.2) is 0 Å². The number of amides is 1. The van der Waals surface area contributed by atoms with E-state index in [0.717, 1.165) is 28.9 Å². The van der Waals surface area contributed by atoms with Crippen molar-refractivity contribution in [3.05, 3.63) is 66.2 Å². The first-order valence-corrected chi connectivity index (χ1v) is 11.2. The number of aromatic nitrogens is 2. The molecule has 2 atom stereocenters. The van der Waals surface area contributed by atoms with Crippen molar-refractivity contribution in [1.82, 2.24) is 14.3 Å². The van der Waals surface area contributed by atoms with Crippen molar-refractivity contribution in [2.24, 2.45) is 11.1 Å². The Labute approximate surface area is 192 Å². The van der Waals surface area contributed by atoms with Gasteiger partial charge in [-0.3, -0.25) is 9.78 Å². The number of oxime groups is 1. The van der Waals surface area contributed by atoms with E-state index in [4.69, 9.17) is 14.3 Å². The lowest BCUT2D eigenvalue weighted by Gasteiger charge is -2.30. The Balaban J connectivity index is 1.30. The zero-order chi connectivity index (χ0) is 22.8. The van der Waals surface area contributed by atoms with E-state index in [0.29, 0.717) is 38.5 Å². The zero-order valence-electron chi connectivity index (χ0n) is 18.9. The van der Waals surface area contributed by atoms with E-state index in [9.17, 15) is 4.79 Å². The molecule has 172 valence electrons. The lowest BCUT2D eigenvalue weighted by Crippen LogP contribution is -2.49. The van der Waals surface area contributed by atoms with Crippen LogP contribution in [0.5, 0.6) is 5.75 Å². The van der Waals surface area contributed by atoms with Crippen LogP contribution in [0.1, 0.15) is 24.6 Å². The van der Waals surface area contributed by atoms with Crippen LogP contribution in [0.2, 0.25) is 0 Å². The van der Waals surface area contributed by atoms with Gasteiger partial charge in [-0.05, 0) is 37.6 Å². The molecule has 2 aliphatic rings. The minimum atomic E-state index is -1.05. The highest BCUT2D eigenvalue weighted by atomic mass is 16.7. The first-order valence-electron chi connectivity index (χ1n) is 11.2. The monoisotopic (exact) mass is 448 g/mol. The van der Waals surface area contributed by atoms with Gasteiger partial charge in [-0.15, -0.1) is 0 Å². The molecule has 0 aliphatic carbocycles. The van der Waals surface area contributed by atoms with Crippen LogP contribution < -0.4 is 4.74 Å². The predicted molar refractivity (Wildman–Crippen MR) is 123 cm³/mol. The fraction of sp³-hybridized carbons (Fsp3) is 0.400. The quantitative estimate of drug-likeness (QED) is 0.600. The number of benzene rings is 1. The number of hydrogen-bond donors (Lipinski definition) is 0. The molecule has 4 heterocycles. The molecule has 2 aliphatic heterocycles. The Bertz CT molecular complexity index is 1190. The third kappa shape index (κ3) is 4.18. The van der Waals surface area contributed by atoms with Crippen molar-refractivity contribution in [2.75, 3.05) is 33.4 Å². The zero-order valence-corrected chi connectivity index (χ0v) is 18.9. The Morgan fingerprint density at radius 3 is 3.00 bits per heavy atom. The number of ether oxygens (including phenoxy) is 2. The lowest BCUT2D eigenvalue weighted by molar-refractivity contribution is -0.153. The average Bonchev–Trinajstić information content (AvgIpc) is 3.41. The smallest absolute Gasteiger partial charge is 0.269 e. The van der Waals surface area contributed by atoms with Crippen LogP contribution in [0.25, 0.3) is 5.52 Å². The third-order valence-corrected chi connectivity index (χ3v) is 6.37. The van der Waals surface area contributed by atoms with Gasteiger partial charge in [0.05, 0.1) is 37.2 Å². The van der Waals surface area contributed by atoms with E-state index in [1.165, 1.54) is 0 Å². The van der Waals surface area contributed by atoms with Crippen LogP contribution in [0, 0.1) is 5.92 Å². The maximum atomic E-state index is 13.6. The molecule has 5 rings (SSSR count). The van der Waals surface area contributed by atoms with Gasteiger partial charge >= 0.3 is 0 Å². The van der Waals surface area contributed by atoms with Gasteiger partial charge in [-0.25, -0.2) is 0 Å². The van der Waals surface area contributed by atoms with E-state index in [1.54, 1.807) is 7.11 Å². The number of fused-ring (bicyclic) bond motifs is 1. The summed E-state index contributed by atoms with van der Waals surface area (Å²) in [5.41, 5.74) is 2.61. The molecular weight excluding hydrogens is 420 g/mol. The van der Waals surface area contributed by atoms with Gasteiger partial charge in [-0.1, -0.05) is 17.3 Å². The van der Waals surface area contributed by atoms with Crippen LogP contribution in [-0.4, -0.2) is 64.9 Å². The minimum absolute atomic E-state index is 0.0690. The molecule has 33 heavy (non-hydrogen) atoms. The second kappa shape index (κ2) is 8.86. The van der Waals surface area contributed by atoms with Crippen molar-refractivity contribution in [3.8, 4) is 5.75 Å². The largest absolute Gasteiger partial charge is 0.496 e. The number of carbonyl (C=O) groups is 1. The van der Waals surface area contributed by atoms with Crippen molar-refractivity contribution < 1.29 is 19.1 Å². The summed E-state index contributed by atoms with van der Waals surface area (Å²) >= 11 is 0. The maximum Gasteiger partial charge on any atom is 0.269 e. The number of hydrogen-bond acceptors (Lipinski definition) is 6. The predicted octanol–water partition coefficient (Wildman–Crippen LogP) is 2.94. The van der Waals surface area contributed by atoms with Crippen molar-refractivity contribution in [2.45, 2.75) is 25.4 Å². The SMILES string of the molecule is COc1ccccc1C1=NOC(C)(C(=O)N2CCOCC(Cc3nccn4cccc34)C2)C1. The summed E-state index contributed by atoms with van der Waals surface area (Å²) < 4.78 is 13.4. The summed E-state index contributed by atoms with van der Waals surface area (Å²) in [7, 11) is 1.63. The Morgan fingerprint density at radius 2 is 2.12 bits per heavy atom. The molecular formula is C25H28N4O4. The van der Waals surface area contributed by atoms with Gasteiger partial charge in [0, 0.05) is 49.6 Å². The second-order valence-corrected chi connectivity index (χ2v) is 8.81. The number of nitrogens with zero attached hydrogens (tertiary/aromatic N) is 4. The molecule has 1 aromatic carbocycles. The Morgan fingerprint density at radius 1 is 1.24 bits per heavy atom. The van der Waals surface area contributed by atoms with Crippen LogP contribution in [-0.2, 0) is 20.8 Å².